The predicted molar refractivity (Wildman–Crippen MR) is 77.0 cm³/mol. The van der Waals surface area contributed by atoms with Crippen molar-refractivity contribution in [3.63, 3.8) is 0 Å². The van der Waals surface area contributed by atoms with Crippen molar-refractivity contribution in [1.82, 2.24) is 10.2 Å². The van der Waals surface area contributed by atoms with Crippen molar-refractivity contribution in [2.24, 2.45) is 5.73 Å². The second-order valence-electron chi connectivity index (χ2n) is 6.23. The first-order valence-corrected chi connectivity index (χ1v) is 7.19. The van der Waals surface area contributed by atoms with Gasteiger partial charge in [0.15, 0.2) is 0 Å². The molecule has 0 radical (unpaired) electrons. The van der Waals surface area contributed by atoms with E-state index in [9.17, 15) is 4.79 Å². The van der Waals surface area contributed by atoms with Crippen molar-refractivity contribution in [1.29, 1.82) is 0 Å². The zero-order valence-corrected chi connectivity index (χ0v) is 12.8. The van der Waals surface area contributed by atoms with Crippen LogP contribution in [0.4, 0.5) is 0 Å². The fraction of sp³-hybridized carbons (Fsp3) is 0.929. The molecule has 1 unspecified atom stereocenters. The van der Waals surface area contributed by atoms with E-state index in [-0.39, 0.29) is 11.4 Å². The van der Waals surface area contributed by atoms with Gasteiger partial charge in [-0.1, -0.05) is 6.92 Å². The number of ether oxygens (including phenoxy) is 1. The van der Waals surface area contributed by atoms with E-state index < -0.39 is 5.54 Å². The molecular formula is C14H29N3O2. The molecule has 0 bridgehead atoms. The molecular weight excluding hydrogens is 242 g/mol. The Morgan fingerprint density at radius 1 is 1.53 bits per heavy atom. The normalized spacial score (nSPS) is 22.9. The first-order valence-electron chi connectivity index (χ1n) is 7.19. The van der Waals surface area contributed by atoms with E-state index in [1.165, 1.54) is 0 Å². The van der Waals surface area contributed by atoms with E-state index in [2.05, 4.69) is 31.0 Å². The molecule has 0 aromatic rings. The van der Waals surface area contributed by atoms with Crippen LogP contribution in [0.5, 0.6) is 0 Å². The third kappa shape index (κ3) is 4.44. The Morgan fingerprint density at radius 2 is 2.21 bits per heavy atom. The van der Waals surface area contributed by atoms with Crippen LogP contribution in [-0.2, 0) is 9.53 Å². The summed E-state index contributed by atoms with van der Waals surface area (Å²) in [7, 11) is 0. The summed E-state index contributed by atoms with van der Waals surface area (Å²) in [6, 6.07) is 0. The van der Waals surface area contributed by atoms with E-state index in [4.69, 9.17) is 10.5 Å². The average Bonchev–Trinajstić information content (AvgIpc) is 2.34. The van der Waals surface area contributed by atoms with Crippen molar-refractivity contribution < 1.29 is 9.53 Å². The summed E-state index contributed by atoms with van der Waals surface area (Å²) in [6.45, 7) is 12.4. The minimum atomic E-state index is -0.621. The average molecular weight is 271 g/mol. The maximum absolute atomic E-state index is 11.7. The monoisotopic (exact) mass is 271 g/mol. The molecule has 3 N–H and O–H groups in total. The van der Waals surface area contributed by atoms with Crippen molar-refractivity contribution >= 4 is 5.91 Å². The summed E-state index contributed by atoms with van der Waals surface area (Å²) in [6.07, 6.45) is 1.72. The number of rotatable bonds is 7. The molecule has 1 amide bonds. The number of carbonyl (C=O) groups is 1. The van der Waals surface area contributed by atoms with Gasteiger partial charge in [0.1, 0.15) is 0 Å². The fourth-order valence-electron chi connectivity index (χ4n) is 2.36. The predicted octanol–water partition coefficient (Wildman–Crippen LogP) is 0.731. The molecule has 5 heteroatoms. The molecule has 19 heavy (non-hydrogen) atoms. The zero-order chi connectivity index (χ0) is 14.5. The van der Waals surface area contributed by atoms with Gasteiger partial charge >= 0.3 is 0 Å². The highest BCUT2D eigenvalue weighted by Gasteiger charge is 2.35. The summed E-state index contributed by atoms with van der Waals surface area (Å²) in [5.74, 6) is -0.271. The van der Waals surface area contributed by atoms with E-state index >= 15 is 0 Å². The van der Waals surface area contributed by atoms with Crippen LogP contribution in [0.1, 0.15) is 40.5 Å². The van der Waals surface area contributed by atoms with E-state index in [1.54, 1.807) is 0 Å². The van der Waals surface area contributed by atoms with Crippen LogP contribution in [0.2, 0.25) is 0 Å². The van der Waals surface area contributed by atoms with Gasteiger partial charge in [-0.2, -0.15) is 0 Å². The maximum atomic E-state index is 11.7. The smallest absolute Gasteiger partial charge is 0.237 e. The summed E-state index contributed by atoms with van der Waals surface area (Å²) < 4.78 is 5.51. The van der Waals surface area contributed by atoms with Gasteiger partial charge in [-0.05, 0) is 40.2 Å². The summed E-state index contributed by atoms with van der Waals surface area (Å²) in [4.78, 5) is 14.1. The molecule has 0 saturated carbocycles. The first kappa shape index (κ1) is 16.4. The van der Waals surface area contributed by atoms with Crippen LogP contribution in [0.3, 0.4) is 0 Å². The number of hydrogen-bond acceptors (Lipinski definition) is 4. The number of amides is 1. The van der Waals surface area contributed by atoms with Crippen molar-refractivity contribution in [2.75, 3.05) is 32.8 Å². The van der Waals surface area contributed by atoms with Crippen LogP contribution in [0, 0.1) is 0 Å². The van der Waals surface area contributed by atoms with Gasteiger partial charge in [-0.15, -0.1) is 0 Å². The number of nitrogens with zero attached hydrogens (tertiary/aromatic N) is 1. The van der Waals surface area contributed by atoms with Gasteiger partial charge in [0.05, 0.1) is 18.8 Å². The molecule has 1 atom stereocenters. The van der Waals surface area contributed by atoms with Crippen molar-refractivity contribution in [3.8, 4) is 0 Å². The summed E-state index contributed by atoms with van der Waals surface area (Å²) in [5.41, 5.74) is 4.96. The molecule has 0 aromatic heterocycles. The maximum Gasteiger partial charge on any atom is 0.237 e. The lowest BCUT2D eigenvalue weighted by atomic mass is 9.94. The zero-order valence-electron chi connectivity index (χ0n) is 12.8. The molecule has 1 aliphatic rings. The molecule has 5 nitrogen and oxygen atoms in total. The van der Waals surface area contributed by atoms with E-state index in [1.807, 2.05) is 6.92 Å². The lowest BCUT2D eigenvalue weighted by Gasteiger charge is -2.43. The minimum absolute atomic E-state index is 0.0293. The lowest BCUT2D eigenvalue weighted by Crippen LogP contribution is -2.58. The molecule has 1 heterocycles. The topological polar surface area (TPSA) is 67.6 Å². The highest BCUT2D eigenvalue weighted by atomic mass is 16.5. The second-order valence-corrected chi connectivity index (χ2v) is 6.23. The molecule has 1 fully saturated rings. The Balaban J connectivity index is 2.58. The standard InChI is InChI=1S/C14H29N3O2/c1-5-7-16-14(4,12(15)18)6-8-17-9-10-19-11-13(17,2)3/h16H,5-11H2,1-4H3,(H2,15,18). The van der Waals surface area contributed by atoms with Crippen LogP contribution >= 0.6 is 0 Å². The Hall–Kier alpha value is -0.650. The van der Waals surface area contributed by atoms with Crippen LogP contribution in [0.15, 0.2) is 0 Å². The van der Waals surface area contributed by atoms with Gasteiger partial charge in [-0.25, -0.2) is 0 Å². The molecule has 0 aromatic carbocycles. The Bertz CT molecular complexity index is 307. The second kappa shape index (κ2) is 6.68. The van der Waals surface area contributed by atoms with E-state index in [0.717, 1.165) is 45.7 Å². The Labute approximate surface area is 116 Å². The fourth-order valence-corrected chi connectivity index (χ4v) is 2.36. The highest BCUT2D eigenvalue weighted by molar-refractivity contribution is 5.84. The van der Waals surface area contributed by atoms with Gasteiger partial charge in [0.25, 0.3) is 0 Å². The molecule has 1 aliphatic heterocycles. The molecule has 1 rings (SSSR count). The third-order valence-electron chi connectivity index (χ3n) is 4.01. The quantitative estimate of drug-likeness (QED) is 0.716. The Morgan fingerprint density at radius 3 is 2.74 bits per heavy atom. The SMILES string of the molecule is CCCNC(C)(CCN1CCOCC1(C)C)C(N)=O. The van der Waals surface area contributed by atoms with Crippen LogP contribution in [-0.4, -0.2) is 54.7 Å². The summed E-state index contributed by atoms with van der Waals surface area (Å²) in [5, 5.41) is 3.28. The number of nitrogens with one attached hydrogen (secondary N) is 1. The van der Waals surface area contributed by atoms with Gasteiger partial charge in [-0.3, -0.25) is 9.69 Å². The molecule has 0 spiro atoms. The van der Waals surface area contributed by atoms with Crippen LogP contribution in [0.25, 0.3) is 0 Å². The van der Waals surface area contributed by atoms with Crippen molar-refractivity contribution in [3.05, 3.63) is 0 Å². The van der Waals surface area contributed by atoms with Gasteiger partial charge < -0.3 is 15.8 Å². The lowest BCUT2D eigenvalue weighted by molar-refractivity contribution is -0.124. The van der Waals surface area contributed by atoms with Gasteiger partial charge in [0.2, 0.25) is 5.91 Å². The van der Waals surface area contributed by atoms with Gasteiger partial charge in [0, 0.05) is 18.6 Å². The third-order valence-corrected chi connectivity index (χ3v) is 4.01. The Kier molecular flexibility index (Phi) is 5.77. The number of hydrogen-bond donors (Lipinski definition) is 2. The molecule has 1 saturated heterocycles. The number of nitrogens with two attached hydrogens (primary N) is 1. The highest BCUT2D eigenvalue weighted by Crippen LogP contribution is 2.21. The molecule has 112 valence electrons. The molecule has 0 aliphatic carbocycles. The van der Waals surface area contributed by atoms with E-state index in [0.29, 0.717) is 0 Å². The minimum Gasteiger partial charge on any atom is -0.378 e. The first-order chi connectivity index (χ1) is 8.82. The largest absolute Gasteiger partial charge is 0.378 e. The number of primary amides is 1. The number of morpholine rings is 1. The van der Waals surface area contributed by atoms with Crippen molar-refractivity contribution in [2.45, 2.75) is 51.6 Å². The number of carbonyl (C=O) groups excluding carboxylic acids is 1. The van der Waals surface area contributed by atoms with Crippen LogP contribution < -0.4 is 11.1 Å². The summed E-state index contributed by atoms with van der Waals surface area (Å²) >= 11 is 0.